The van der Waals surface area contributed by atoms with Crippen molar-refractivity contribution in [2.24, 2.45) is 0 Å². The maximum Gasteiger partial charge on any atom is 0.138 e. The summed E-state index contributed by atoms with van der Waals surface area (Å²) in [5.74, 6) is 1.02. The minimum absolute atomic E-state index is 0.930. The predicted molar refractivity (Wildman–Crippen MR) is 133 cm³/mol. The van der Waals surface area contributed by atoms with Crippen LogP contribution in [0.15, 0.2) is 71.1 Å². The van der Waals surface area contributed by atoms with Crippen molar-refractivity contribution in [1.82, 2.24) is 0 Å². The lowest BCUT2D eigenvalue weighted by atomic mass is 9.88. The summed E-state index contributed by atoms with van der Waals surface area (Å²) in [4.78, 5) is 0. The highest BCUT2D eigenvalue weighted by atomic mass is 16.3. The molecule has 1 heteroatoms. The van der Waals surface area contributed by atoms with E-state index in [0.717, 1.165) is 36.2 Å². The Morgan fingerprint density at radius 1 is 0.677 bits per heavy atom. The number of hydrogen-bond donors (Lipinski definition) is 0. The van der Waals surface area contributed by atoms with E-state index in [-0.39, 0.29) is 0 Å². The Morgan fingerprint density at radius 3 is 1.97 bits per heavy atom. The molecule has 4 aromatic rings. The van der Waals surface area contributed by atoms with Gasteiger partial charge in [-0.15, -0.1) is 0 Å². The summed E-state index contributed by atoms with van der Waals surface area (Å²) in [6.45, 7) is 6.69. The van der Waals surface area contributed by atoms with Crippen LogP contribution in [0.5, 0.6) is 0 Å². The predicted octanol–water partition coefficient (Wildman–Crippen LogP) is 8.68. The third-order valence-corrected chi connectivity index (χ3v) is 6.33. The van der Waals surface area contributed by atoms with Crippen molar-refractivity contribution in [3.8, 4) is 11.3 Å². The molecule has 0 aliphatic rings. The van der Waals surface area contributed by atoms with Gasteiger partial charge in [0.1, 0.15) is 11.3 Å². The maximum atomic E-state index is 6.44. The van der Waals surface area contributed by atoms with E-state index in [0.29, 0.717) is 0 Å². The van der Waals surface area contributed by atoms with Crippen molar-refractivity contribution in [1.29, 1.82) is 0 Å². The second-order valence-corrected chi connectivity index (χ2v) is 8.71. The summed E-state index contributed by atoms with van der Waals surface area (Å²) < 4.78 is 6.44. The Kier molecular flexibility index (Phi) is 6.92. The Bertz CT molecular complexity index is 1100. The number of furan rings is 1. The molecule has 0 radical (unpaired) electrons. The van der Waals surface area contributed by atoms with E-state index in [1.807, 2.05) is 0 Å². The van der Waals surface area contributed by atoms with Gasteiger partial charge in [-0.3, -0.25) is 0 Å². The van der Waals surface area contributed by atoms with Gasteiger partial charge < -0.3 is 4.42 Å². The monoisotopic (exact) mass is 410 g/mol. The van der Waals surface area contributed by atoms with Crippen LogP contribution in [0.1, 0.15) is 67.3 Å². The zero-order valence-corrected chi connectivity index (χ0v) is 19.2. The zero-order chi connectivity index (χ0) is 21.6. The van der Waals surface area contributed by atoms with Crippen LogP contribution in [0.4, 0.5) is 0 Å². The number of hydrogen-bond acceptors (Lipinski definition) is 1. The molecule has 0 N–H and O–H groups in total. The number of para-hydroxylation sites is 1. The molecule has 0 saturated carbocycles. The lowest BCUT2D eigenvalue weighted by Crippen LogP contribution is -2.03. The first-order valence-corrected chi connectivity index (χ1v) is 11.9. The molecule has 0 spiro atoms. The molecule has 0 aliphatic carbocycles. The highest BCUT2D eigenvalue weighted by Crippen LogP contribution is 2.36. The average Bonchev–Trinajstić information content (AvgIpc) is 3.16. The molecule has 0 aliphatic heterocycles. The first-order valence-electron chi connectivity index (χ1n) is 11.9. The molecule has 1 heterocycles. The Hall–Kier alpha value is -2.80. The third-order valence-electron chi connectivity index (χ3n) is 6.33. The van der Waals surface area contributed by atoms with E-state index >= 15 is 0 Å². The zero-order valence-electron chi connectivity index (χ0n) is 19.2. The van der Waals surface area contributed by atoms with E-state index in [1.54, 1.807) is 0 Å². The standard InChI is InChI=1S/C30H34O/c1-4-6-11-23-13-10-14-24(12-7-5-2)27(23)21-28-26-15-8-9-16-29(26)31-30(28)25-19-17-22(3)18-20-25/h8-10,13-20H,4-7,11-12,21H2,1-3H3. The van der Waals surface area contributed by atoms with Crippen molar-refractivity contribution in [3.63, 3.8) is 0 Å². The van der Waals surface area contributed by atoms with Gasteiger partial charge in [-0.25, -0.2) is 0 Å². The molecule has 0 amide bonds. The van der Waals surface area contributed by atoms with Crippen LogP contribution in [0, 0.1) is 6.92 Å². The number of aryl methyl sites for hydroxylation is 3. The van der Waals surface area contributed by atoms with Crippen molar-refractivity contribution in [2.75, 3.05) is 0 Å². The summed E-state index contributed by atoms with van der Waals surface area (Å²) in [7, 11) is 0. The topological polar surface area (TPSA) is 13.1 Å². The van der Waals surface area contributed by atoms with Crippen LogP contribution >= 0.6 is 0 Å². The van der Waals surface area contributed by atoms with Gasteiger partial charge in [0, 0.05) is 22.9 Å². The second kappa shape index (κ2) is 10.0. The van der Waals surface area contributed by atoms with E-state index in [9.17, 15) is 0 Å². The summed E-state index contributed by atoms with van der Waals surface area (Å²) in [5.41, 5.74) is 9.27. The van der Waals surface area contributed by atoms with Crippen LogP contribution in [0.25, 0.3) is 22.3 Å². The molecule has 0 fully saturated rings. The van der Waals surface area contributed by atoms with Gasteiger partial charge in [-0.1, -0.05) is 92.9 Å². The van der Waals surface area contributed by atoms with Gasteiger partial charge in [-0.05, 0) is 55.4 Å². The lowest BCUT2D eigenvalue weighted by Gasteiger charge is -2.16. The summed E-state index contributed by atoms with van der Waals surface area (Å²) >= 11 is 0. The molecule has 4 rings (SSSR count). The highest BCUT2D eigenvalue weighted by molar-refractivity contribution is 5.88. The Balaban J connectivity index is 1.84. The lowest BCUT2D eigenvalue weighted by molar-refractivity contribution is 0.627. The normalized spacial score (nSPS) is 11.3. The van der Waals surface area contributed by atoms with Gasteiger partial charge in [0.05, 0.1) is 0 Å². The van der Waals surface area contributed by atoms with Crippen molar-refractivity contribution >= 4 is 11.0 Å². The Labute approximate surface area is 187 Å². The van der Waals surface area contributed by atoms with Crippen molar-refractivity contribution < 1.29 is 4.42 Å². The van der Waals surface area contributed by atoms with Crippen LogP contribution < -0.4 is 0 Å². The maximum absolute atomic E-state index is 6.44. The Morgan fingerprint density at radius 2 is 1.32 bits per heavy atom. The first-order chi connectivity index (χ1) is 15.2. The minimum atomic E-state index is 0.930. The second-order valence-electron chi connectivity index (χ2n) is 8.71. The van der Waals surface area contributed by atoms with E-state index in [4.69, 9.17) is 4.42 Å². The fourth-order valence-electron chi connectivity index (χ4n) is 4.51. The molecule has 31 heavy (non-hydrogen) atoms. The van der Waals surface area contributed by atoms with Gasteiger partial charge >= 0.3 is 0 Å². The van der Waals surface area contributed by atoms with Crippen LogP contribution in [-0.4, -0.2) is 0 Å². The smallest absolute Gasteiger partial charge is 0.138 e. The molecule has 0 bridgehead atoms. The molecule has 0 atom stereocenters. The van der Waals surface area contributed by atoms with Gasteiger partial charge in [0.25, 0.3) is 0 Å². The summed E-state index contributed by atoms with van der Waals surface area (Å²) in [6.07, 6.45) is 8.16. The highest BCUT2D eigenvalue weighted by Gasteiger charge is 2.19. The van der Waals surface area contributed by atoms with Gasteiger partial charge in [-0.2, -0.15) is 0 Å². The first kappa shape index (κ1) is 21.4. The quantitative estimate of drug-likeness (QED) is 0.269. The van der Waals surface area contributed by atoms with Crippen LogP contribution in [0.3, 0.4) is 0 Å². The largest absolute Gasteiger partial charge is 0.456 e. The fraction of sp³-hybridized carbons (Fsp3) is 0.333. The van der Waals surface area contributed by atoms with E-state index in [1.165, 1.54) is 58.9 Å². The van der Waals surface area contributed by atoms with Crippen LogP contribution in [-0.2, 0) is 19.3 Å². The van der Waals surface area contributed by atoms with Crippen molar-refractivity contribution in [2.45, 2.75) is 65.7 Å². The SMILES string of the molecule is CCCCc1cccc(CCCC)c1Cc1c(-c2ccc(C)cc2)oc2ccccc12. The summed E-state index contributed by atoms with van der Waals surface area (Å²) in [6, 6.07) is 24.2. The fourth-order valence-corrected chi connectivity index (χ4v) is 4.51. The van der Waals surface area contributed by atoms with Gasteiger partial charge in [0.15, 0.2) is 0 Å². The van der Waals surface area contributed by atoms with Crippen LogP contribution in [0.2, 0.25) is 0 Å². The molecule has 160 valence electrons. The average molecular weight is 411 g/mol. The summed E-state index contributed by atoms with van der Waals surface area (Å²) in [5, 5.41) is 1.24. The van der Waals surface area contributed by atoms with E-state index < -0.39 is 0 Å². The number of unbranched alkanes of at least 4 members (excludes halogenated alkanes) is 2. The molecule has 1 aromatic heterocycles. The van der Waals surface area contributed by atoms with Crippen molar-refractivity contribution in [3.05, 3.63) is 94.5 Å². The third kappa shape index (κ3) is 4.77. The van der Waals surface area contributed by atoms with E-state index in [2.05, 4.69) is 87.5 Å². The number of fused-ring (bicyclic) bond motifs is 1. The number of benzene rings is 3. The number of rotatable bonds is 9. The molecule has 3 aromatic carbocycles. The molecule has 0 unspecified atom stereocenters. The molecular weight excluding hydrogens is 376 g/mol. The molecule has 1 nitrogen and oxygen atoms in total. The minimum Gasteiger partial charge on any atom is -0.456 e. The molecular formula is C30H34O. The van der Waals surface area contributed by atoms with Gasteiger partial charge in [0.2, 0.25) is 0 Å². The molecule has 0 saturated heterocycles.